The van der Waals surface area contributed by atoms with Crippen molar-refractivity contribution in [3.05, 3.63) is 207 Å². The molecule has 0 amide bonds. The molecule has 0 aromatic heterocycles. The van der Waals surface area contributed by atoms with E-state index in [1.165, 1.54) is 6.92 Å². The number of carbonyl (C=O) groups excluding carboxylic acids is 2. The third kappa shape index (κ3) is 8.84. The minimum Gasteiger partial charge on any atom is -0.427 e. The maximum Gasteiger partial charge on any atom is 0.308 e. The van der Waals surface area contributed by atoms with E-state index in [1.807, 2.05) is 36.4 Å². The summed E-state index contributed by atoms with van der Waals surface area (Å²) in [5.41, 5.74) is -13.9. The molecule has 376 valence electrons. The van der Waals surface area contributed by atoms with Gasteiger partial charge in [-0.3, -0.25) is 9.59 Å². The Morgan fingerprint density at radius 1 is 0.375 bits per heavy atom. The second-order valence-corrected chi connectivity index (χ2v) is 17.4. The fourth-order valence-corrected chi connectivity index (χ4v) is 9.94. The molecule has 0 N–H and O–H groups in total. The lowest BCUT2D eigenvalue weighted by Gasteiger charge is -2.44. The number of esters is 1. The second kappa shape index (κ2) is 20.3. The van der Waals surface area contributed by atoms with Crippen LogP contribution in [0.1, 0.15) is 17.3 Å². The van der Waals surface area contributed by atoms with E-state index < -0.39 is 160 Å². The highest BCUT2D eigenvalue weighted by Gasteiger charge is 2.52. The summed E-state index contributed by atoms with van der Waals surface area (Å²) >= 11 is 0. The van der Waals surface area contributed by atoms with Crippen molar-refractivity contribution in [3.8, 4) is 5.75 Å². The van der Waals surface area contributed by atoms with Crippen LogP contribution >= 0.6 is 0 Å². The number of Topliss-reactive ketones (excluding diaryl/α,β-unsaturated/α-hetero) is 1. The zero-order valence-corrected chi connectivity index (χ0v) is 35.8. The molecule has 0 saturated carbocycles. The molecule has 4 nitrogen and oxygen atoms in total. The number of rotatable bonds is 10. The van der Waals surface area contributed by atoms with Crippen LogP contribution in [0.25, 0.3) is 0 Å². The first-order valence-corrected chi connectivity index (χ1v) is 21.1. The van der Waals surface area contributed by atoms with E-state index in [0.717, 1.165) is 0 Å². The van der Waals surface area contributed by atoms with Crippen LogP contribution < -0.4 is 26.6 Å². The minimum atomic E-state index is -7.22. The molecule has 0 aliphatic heterocycles. The molecule has 0 radical (unpaired) electrons. The lowest BCUT2D eigenvalue weighted by molar-refractivity contribution is -0.131. The predicted molar refractivity (Wildman–Crippen MR) is 214 cm³/mol. The van der Waals surface area contributed by atoms with Crippen molar-refractivity contribution in [2.45, 2.75) is 16.7 Å². The second-order valence-electron chi connectivity index (χ2n) is 14.8. The van der Waals surface area contributed by atoms with Gasteiger partial charge in [0.25, 0.3) is 0 Å². The van der Waals surface area contributed by atoms with Crippen molar-refractivity contribution < 1.29 is 106 Å². The quantitative estimate of drug-likeness (QED) is 0.0200. The highest BCUT2D eigenvalue weighted by molar-refractivity contribution is 8.03. The largest absolute Gasteiger partial charge is 0.427 e. The van der Waals surface area contributed by atoms with Crippen LogP contribution in [-0.2, 0) is 18.9 Å². The topological polar surface area (TPSA) is 60.4 Å². The van der Waals surface area contributed by atoms with E-state index >= 15 is 35.1 Å². The number of ketones is 1. The molecular weight excluding hydrogens is 1040 g/mol. The van der Waals surface area contributed by atoms with Gasteiger partial charge in [-0.2, -0.15) is 0 Å². The van der Waals surface area contributed by atoms with Gasteiger partial charge in [0.1, 0.15) is 58.4 Å². The standard InChI is InChI=1S/C24BF20.C22H19O4S/c26-5-1(6(27)14(35)21(42)13(5)34)25(2-7(28)15(36)22(43)16(37)8(2)29,3-9(30)17(38)23(44)18(39)10(3)31)4-11(32)19(40)24(45)20(41)12(4)33;1-17(23)26-19-14-12-18(13-15-19)22(24)16-27(25,20-8-4-2-5-9-20)21-10-6-3-7-11-21/h;2-15H,16H2,1H3/q-1;+1. The molecule has 0 fully saturated rings. The Morgan fingerprint density at radius 3 is 0.847 bits per heavy atom. The highest BCUT2D eigenvalue weighted by Crippen LogP contribution is 2.33. The Morgan fingerprint density at radius 2 is 0.611 bits per heavy atom. The van der Waals surface area contributed by atoms with Gasteiger partial charge >= 0.3 is 5.97 Å². The first-order chi connectivity index (χ1) is 33.7. The summed E-state index contributed by atoms with van der Waals surface area (Å²) < 4.78 is 313. The molecule has 0 atom stereocenters. The molecule has 0 heterocycles. The SMILES string of the molecule is CC(=O)Oc1ccc(C(=O)C[S+](=O)(c2ccccc2)c2ccccc2)cc1.Fc1c(F)c(F)c([B-](c2c(F)c(F)c(F)c(F)c2F)(c2c(F)c(F)c(F)c(F)c2F)c2c(F)c(F)c(F)c(F)c2F)c(F)c1F. The van der Waals surface area contributed by atoms with Gasteiger partial charge in [0.15, 0.2) is 95.3 Å². The Kier molecular flexibility index (Phi) is 15.2. The molecule has 72 heavy (non-hydrogen) atoms. The van der Waals surface area contributed by atoms with Gasteiger partial charge < -0.3 is 4.74 Å². The van der Waals surface area contributed by atoms with Gasteiger partial charge in [-0.05, 0) is 48.5 Å². The average molecular weight is 1060 g/mol. The number of hydrogen-bond donors (Lipinski definition) is 0. The summed E-state index contributed by atoms with van der Waals surface area (Å²) in [4.78, 5) is 25.1. The predicted octanol–water partition coefficient (Wildman–Crippen LogP) is 10.3. The molecule has 0 aliphatic carbocycles. The van der Waals surface area contributed by atoms with Crippen LogP contribution in [0.15, 0.2) is 94.7 Å². The fourth-order valence-electron chi connectivity index (χ4n) is 7.60. The zero-order chi connectivity index (χ0) is 53.6. The number of hydrogen-bond acceptors (Lipinski definition) is 4. The third-order valence-electron chi connectivity index (χ3n) is 10.7. The molecule has 26 heteroatoms. The normalized spacial score (nSPS) is 11.6. The van der Waals surface area contributed by atoms with E-state index in [1.54, 1.807) is 48.5 Å². The lowest BCUT2D eigenvalue weighted by Crippen LogP contribution is -2.81. The van der Waals surface area contributed by atoms with Crippen molar-refractivity contribution in [1.29, 1.82) is 0 Å². The van der Waals surface area contributed by atoms with E-state index in [9.17, 15) is 66.5 Å². The van der Waals surface area contributed by atoms with Crippen LogP contribution in [0.3, 0.4) is 0 Å². The summed E-state index contributed by atoms with van der Waals surface area (Å²) in [5.74, 6) is -71.8. The molecule has 7 aromatic rings. The van der Waals surface area contributed by atoms with Crippen molar-refractivity contribution >= 4 is 49.7 Å². The number of halogens is 20. The summed E-state index contributed by atoms with van der Waals surface area (Å²) in [6.45, 7) is 1.31. The summed E-state index contributed by atoms with van der Waals surface area (Å²) in [6, 6.07) is 24.4. The molecule has 0 unspecified atom stereocenters. The van der Waals surface area contributed by atoms with Crippen LogP contribution in [0.4, 0.5) is 87.8 Å². The minimum absolute atomic E-state index is 0.131. The van der Waals surface area contributed by atoms with Gasteiger partial charge in [0.2, 0.25) is 5.78 Å². The van der Waals surface area contributed by atoms with Crippen molar-refractivity contribution in [2.75, 3.05) is 5.75 Å². The molecule has 7 aromatic carbocycles. The van der Waals surface area contributed by atoms with E-state index in [0.29, 0.717) is 21.1 Å². The van der Waals surface area contributed by atoms with Crippen molar-refractivity contribution in [3.63, 3.8) is 0 Å². The monoisotopic (exact) mass is 1060 g/mol. The molecule has 7 rings (SSSR count). The van der Waals surface area contributed by atoms with Crippen molar-refractivity contribution in [2.24, 2.45) is 0 Å². The summed E-state index contributed by atoms with van der Waals surface area (Å²) in [7, 11) is -2.76. The van der Waals surface area contributed by atoms with E-state index in [-0.39, 0.29) is 11.5 Å². The van der Waals surface area contributed by atoms with E-state index in [2.05, 4.69) is 0 Å². The van der Waals surface area contributed by atoms with Crippen LogP contribution in [0.5, 0.6) is 5.75 Å². The van der Waals surface area contributed by atoms with Gasteiger partial charge in [0.05, 0.1) is 0 Å². The van der Waals surface area contributed by atoms with Crippen molar-refractivity contribution in [1.82, 2.24) is 0 Å². The first kappa shape index (κ1) is 53.8. The Labute approximate surface area is 390 Å². The average Bonchev–Trinajstić information content (AvgIpc) is 3.36. The van der Waals surface area contributed by atoms with Crippen LogP contribution in [-0.4, -0.2) is 23.7 Å². The Hall–Kier alpha value is -7.51. The van der Waals surface area contributed by atoms with Gasteiger partial charge in [-0.25, -0.2) is 87.8 Å². The Bertz CT molecular complexity index is 2950. The Balaban J connectivity index is 0.000000266. The number of carbonyl (C=O) groups is 2. The third-order valence-corrected chi connectivity index (χ3v) is 13.5. The van der Waals surface area contributed by atoms with Gasteiger partial charge in [-0.15, -0.1) is 21.9 Å². The van der Waals surface area contributed by atoms with Gasteiger partial charge in [0, 0.05) is 12.5 Å². The lowest BCUT2D eigenvalue weighted by atomic mass is 9.12. The van der Waals surface area contributed by atoms with Crippen LogP contribution in [0, 0.1) is 116 Å². The molecule has 0 saturated heterocycles. The zero-order valence-electron chi connectivity index (χ0n) is 35.0. The molecular formula is C46H19BF20O4S. The maximum atomic E-state index is 15.4. The van der Waals surface area contributed by atoms with Crippen LogP contribution in [0.2, 0.25) is 0 Å². The van der Waals surface area contributed by atoms with Gasteiger partial charge in [-0.1, -0.05) is 40.6 Å². The number of ether oxygens (including phenoxy) is 1. The van der Waals surface area contributed by atoms with E-state index in [4.69, 9.17) is 4.74 Å². The molecule has 0 spiro atoms. The smallest absolute Gasteiger partial charge is 0.308 e. The maximum absolute atomic E-state index is 15.4. The summed E-state index contributed by atoms with van der Waals surface area (Å²) in [6.07, 6.45) is -7.22. The number of benzene rings is 7. The fraction of sp³-hybridized carbons (Fsp3) is 0.0435. The highest BCUT2D eigenvalue weighted by atomic mass is 32.2. The summed E-state index contributed by atoms with van der Waals surface area (Å²) in [5, 5.41) is 0. The molecule has 0 aliphatic rings. The first-order valence-electron chi connectivity index (χ1n) is 19.4. The molecule has 0 bridgehead atoms.